The molecular formula is C22H17N3OS. The Bertz CT molecular complexity index is 1090. The van der Waals surface area contributed by atoms with E-state index in [9.17, 15) is 0 Å². The van der Waals surface area contributed by atoms with Crippen molar-refractivity contribution in [1.29, 1.82) is 0 Å². The molecule has 3 heterocycles. The summed E-state index contributed by atoms with van der Waals surface area (Å²) in [4.78, 5) is 10.9. The molecule has 1 aromatic carbocycles. The number of hydrogen-bond donors (Lipinski definition) is 1. The molecule has 0 aliphatic rings. The fraction of sp³-hybridized carbons (Fsp3) is 0.0909. The molecule has 132 valence electrons. The van der Waals surface area contributed by atoms with Crippen molar-refractivity contribution in [3.8, 4) is 33.7 Å². The van der Waals surface area contributed by atoms with Gasteiger partial charge in [-0.15, -0.1) is 11.3 Å². The number of benzene rings is 1. The first-order valence-corrected chi connectivity index (χ1v) is 9.36. The molecule has 0 bridgehead atoms. The molecule has 0 fully saturated rings. The SMILES string of the molecule is OCC#Cc1ccc(-c2c(-c3ccccc3)ncn2Cc2cccnc2)s1. The Hall–Kier alpha value is -3.20. The molecule has 0 spiro atoms. The van der Waals surface area contributed by atoms with Gasteiger partial charge in [-0.2, -0.15) is 0 Å². The van der Waals surface area contributed by atoms with Crippen molar-refractivity contribution >= 4 is 11.3 Å². The average Bonchev–Trinajstić information content (AvgIpc) is 3.34. The quantitative estimate of drug-likeness (QED) is 0.550. The van der Waals surface area contributed by atoms with Crippen LogP contribution in [0.4, 0.5) is 0 Å². The summed E-state index contributed by atoms with van der Waals surface area (Å²) in [5, 5.41) is 8.93. The van der Waals surface area contributed by atoms with E-state index in [1.165, 1.54) is 0 Å². The van der Waals surface area contributed by atoms with E-state index in [2.05, 4.69) is 45.7 Å². The highest BCUT2D eigenvalue weighted by molar-refractivity contribution is 7.16. The Morgan fingerprint density at radius 2 is 1.93 bits per heavy atom. The predicted octanol–water partition coefficient (Wildman–Crippen LogP) is 4.07. The van der Waals surface area contributed by atoms with Crippen molar-refractivity contribution in [2.75, 3.05) is 6.61 Å². The summed E-state index contributed by atoms with van der Waals surface area (Å²) in [6, 6.07) is 18.2. The second-order valence-corrected chi connectivity index (χ2v) is 7.00. The fourth-order valence-corrected chi connectivity index (χ4v) is 3.86. The molecule has 0 radical (unpaired) electrons. The molecule has 1 N–H and O–H groups in total. The van der Waals surface area contributed by atoms with E-state index in [0.717, 1.165) is 32.3 Å². The fourth-order valence-electron chi connectivity index (χ4n) is 2.92. The Morgan fingerprint density at radius 3 is 2.70 bits per heavy atom. The number of aromatic nitrogens is 3. The van der Waals surface area contributed by atoms with E-state index in [4.69, 9.17) is 10.1 Å². The van der Waals surface area contributed by atoms with Crippen molar-refractivity contribution in [1.82, 2.24) is 14.5 Å². The first-order chi connectivity index (χ1) is 13.3. The molecule has 0 amide bonds. The number of aliphatic hydroxyl groups excluding tert-OH is 1. The first-order valence-electron chi connectivity index (χ1n) is 8.54. The van der Waals surface area contributed by atoms with E-state index in [0.29, 0.717) is 6.54 Å². The van der Waals surface area contributed by atoms with Gasteiger partial charge in [0, 0.05) is 18.0 Å². The lowest BCUT2D eigenvalue weighted by molar-refractivity contribution is 0.350. The molecular weight excluding hydrogens is 354 g/mol. The molecule has 0 saturated heterocycles. The van der Waals surface area contributed by atoms with Crippen LogP contribution in [-0.2, 0) is 6.54 Å². The maximum absolute atomic E-state index is 8.93. The summed E-state index contributed by atoms with van der Waals surface area (Å²) in [7, 11) is 0. The summed E-state index contributed by atoms with van der Waals surface area (Å²) in [5.74, 6) is 5.69. The molecule has 5 heteroatoms. The third-order valence-corrected chi connectivity index (χ3v) is 5.10. The van der Waals surface area contributed by atoms with Crippen LogP contribution in [0.2, 0.25) is 0 Å². The highest BCUT2D eigenvalue weighted by Crippen LogP contribution is 2.35. The van der Waals surface area contributed by atoms with Crippen LogP contribution in [0.25, 0.3) is 21.8 Å². The van der Waals surface area contributed by atoms with Gasteiger partial charge < -0.3 is 9.67 Å². The zero-order chi connectivity index (χ0) is 18.5. The van der Waals surface area contributed by atoms with Crippen LogP contribution >= 0.6 is 11.3 Å². The molecule has 0 unspecified atom stereocenters. The van der Waals surface area contributed by atoms with Crippen molar-refractivity contribution in [3.05, 3.63) is 83.8 Å². The number of nitrogens with zero attached hydrogens (tertiary/aromatic N) is 3. The molecule has 3 aromatic heterocycles. The Balaban J connectivity index is 1.81. The Kier molecular flexibility index (Phi) is 5.10. The molecule has 0 atom stereocenters. The van der Waals surface area contributed by atoms with Crippen LogP contribution in [0, 0.1) is 11.8 Å². The van der Waals surface area contributed by atoms with Crippen molar-refractivity contribution in [3.63, 3.8) is 0 Å². The lowest BCUT2D eigenvalue weighted by Gasteiger charge is -2.09. The van der Waals surface area contributed by atoms with Crippen molar-refractivity contribution in [2.45, 2.75) is 6.54 Å². The van der Waals surface area contributed by atoms with Crippen molar-refractivity contribution in [2.24, 2.45) is 0 Å². The zero-order valence-electron chi connectivity index (χ0n) is 14.5. The van der Waals surface area contributed by atoms with Crippen LogP contribution < -0.4 is 0 Å². The standard InChI is InChI=1S/C22H17N3OS/c26-13-5-9-19-10-11-20(27-19)22-21(18-7-2-1-3-8-18)24-16-25(22)15-17-6-4-12-23-14-17/h1-4,6-8,10-12,14,16,26H,13,15H2. The van der Waals surface area contributed by atoms with Crippen LogP contribution in [-0.4, -0.2) is 26.2 Å². The minimum atomic E-state index is -0.137. The van der Waals surface area contributed by atoms with E-state index in [1.807, 2.05) is 42.9 Å². The van der Waals surface area contributed by atoms with Gasteiger partial charge in [-0.05, 0) is 23.8 Å². The summed E-state index contributed by atoms with van der Waals surface area (Å²) >= 11 is 1.60. The Morgan fingerprint density at radius 1 is 1.04 bits per heavy atom. The van der Waals surface area contributed by atoms with Crippen LogP contribution in [0.15, 0.2) is 73.3 Å². The van der Waals surface area contributed by atoms with Gasteiger partial charge >= 0.3 is 0 Å². The second kappa shape index (κ2) is 8.00. The topological polar surface area (TPSA) is 50.9 Å². The smallest absolute Gasteiger partial charge is 0.104 e. The van der Waals surface area contributed by atoms with Crippen molar-refractivity contribution < 1.29 is 5.11 Å². The molecule has 0 aliphatic heterocycles. The lowest BCUT2D eigenvalue weighted by atomic mass is 10.1. The predicted molar refractivity (Wildman–Crippen MR) is 108 cm³/mol. The van der Waals surface area contributed by atoms with Gasteiger partial charge in [-0.3, -0.25) is 4.98 Å². The molecule has 4 aromatic rings. The molecule has 4 nitrogen and oxygen atoms in total. The summed E-state index contributed by atoms with van der Waals surface area (Å²) < 4.78 is 2.15. The summed E-state index contributed by atoms with van der Waals surface area (Å²) in [6.07, 6.45) is 5.53. The van der Waals surface area contributed by atoms with Crippen LogP contribution in [0.3, 0.4) is 0 Å². The number of hydrogen-bond acceptors (Lipinski definition) is 4. The average molecular weight is 371 g/mol. The number of pyridine rings is 1. The van der Waals surface area contributed by atoms with E-state index in [1.54, 1.807) is 17.5 Å². The third-order valence-electron chi connectivity index (χ3n) is 4.09. The largest absolute Gasteiger partial charge is 0.384 e. The molecule has 0 saturated carbocycles. The van der Waals surface area contributed by atoms with E-state index in [-0.39, 0.29) is 6.61 Å². The van der Waals surface area contributed by atoms with Gasteiger partial charge in [0.2, 0.25) is 0 Å². The summed E-state index contributed by atoms with van der Waals surface area (Å²) in [5.41, 5.74) is 4.21. The van der Waals surface area contributed by atoms with Crippen LogP contribution in [0.1, 0.15) is 10.4 Å². The lowest BCUT2D eigenvalue weighted by Crippen LogP contribution is -2.00. The maximum Gasteiger partial charge on any atom is 0.104 e. The maximum atomic E-state index is 8.93. The number of imidazole rings is 1. The van der Waals surface area contributed by atoms with E-state index >= 15 is 0 Å². The van der Waals surface area contributed by atoms with Gasteiger partial charge in [0.15, 0.2) is 0 Å². The summed E-state index contributed by atoms with van der Waals surface area (Å²) in [6.45, 7) is 0.556. The normalized spacial score (nSPS) is 10.4. The highest BCUT2D eigenvalue weighted by atomic mass is 32.1. The minimum absolute atomic E-state index is 0.137. The zero-order valence-corrected chi connectivity index (χ0v) is 15.4. The second-order valence-electron chi connectivity index (χ2n) is 5.92. The van der Waals surface area contributed by atoms with Crippen LogP contribution in [0.5, 0.6) is 0 Å². The molecule has 0 aliphatic carbocycles. The number of rotatable bonds is 4. The monoisotopic (exact) mass is 371 g/mol. The molecule has 27 heavy (non-hydrogen) atoms. The van der Waals surface area contributed by atoms with Gasteiger partial charge in [0.1, 0.15) is 6.61 Å². The van der Waals surface area contributed by atoms with Gasteiger partial charge in [0.05, 0.1) is 34.0 Å². The van der Waals surface area contributed by atoms with Gasteiger partial charge in [-0.1, -0.05) is 48.2 Å². The molecule has 4 rings (SSSR count). The highest BCUT2D eigenvalue weighted by Gasteiger charge is 2.17. The first kappa shape index (κ1) is 17.2. The third kappa shape index (κ3) is 3.82. The number of thiophene rings is 1. The number of aliphatic hydroxyl groups is 1. The Labute approximate surface area is 161 Å². The minimum Gasteiger partial charge on any atom is -0.384 e. The van der Waals surface area contributed by atoms with Gasteiger partial charge in [0.25, 0.3) is 0 Å². The van der Waals surface area contributed by atoms with E-state index < -0.39 is 0 Å². The van der Waals surface area contributed by atoms with Gasteiger partial charge in [-0.25, -0.2) is 4.98 Å².